The van der Waals surface area contributed by atoms with Gasteiger partial charge in [-0.1, -0.05) is 23.7 Å². The number of fused-ring (bicyclic) bond motifs is 1. The van der Waals surface area contributed by atoms with E-state index in [1.54, 1.807) is 24.3 Å². The molecular formula is C17H12ClFN4O2. The first kappa shape index (κ1) is 15.6. The maximum atomic E-state index is 13.1. The van der Waals surface area contributed by atoms with Crippen LogP contribution in [0.25, 0.3) is 0 Å². The van der Waals surface area contributed by atoms with Gasteiger partial charge in [-0.15, -0.1) is 0 Å². The number of benzene rings is 2. The average molecular weight is 359 g/mol. The molecule has 0 radical (unpaired) electrons. The fraction of sp³-hybridized carbons (Fsp3) is 0.118. The van der Waals surface area contributed by atoms with Crippen LogP contribution in [0.3, 0.4) is 0 Å². The normalized spacial score (nSPS) is 13.4. The van der Waals surface area contributed by atoms with Crippen molar-refractivity contribution in [1.82, 2.24) is 14.3 Å². The van der Waals surface area contributed by atoms with E-state index in [2.05, 4.69) is 4.98 Å². The molecule has 0 saturated heterocycles. The van der Waals surface area contributed by atoms with Crippen LogP contribution in [0.2, 0.25) is 5.02 Å². The van der Waals surface area contributed by atoms with Crippen LogP contribution in [0.5, 0.6) is 0 Å². The van der Waals surface area contributed by atoms with E-state index in [4.69, 9.17) is 11.6 Å². The first-order chi connectivity index (χ1) is 12.0. The fourth-order valence-electron chi connectivity index (χ4n) is 2.80. The van der Waals surface area contributed by atoms with Crippen molar-refractivity contribution < 1.29 is 9.18 Å². The number of aromatic nitrogens is 3. The Morgan fingerprint density at radius 1 is 1.04 bits per heavy atom. The molecule has 6 nitrogen and oxygen atoms in total. The number of carbonyl (C=O) groups excluding carboxylic acids is 1. The molecule has 2 aromatic carbocycles. The van der Waals surface area contributed by atoms with Crippen LogP contribution in [-0.4, -0.2) is 20.4 Å². The van der Waals surface area contributed by atoms with Crippen molar-refractivity contribution in [3.05, 3.63) is 81.2 Å². The van der Waals surface area contributed by atoms with Crippen LogP contribution in [0.1, 0.15) is 11.4 Å². The topological polar surface area (TPSA) is 60.1 Å². The summed E-state index contributed by atoms with van der Waals surface area (Å²) in [5.41, 5.74) is 0.877. The summed E-state index contributed by atoms with van der Waals surface area (Å²) in [5.74, 6) is -0.0268. The van der Waals surface area contributed by atoms with Crippen molar-refractivity contribution in [3.8, 4) is 0 Å². The Morgan fingerprint density at radius 3 is 2.40 bits per heavy atom. The highest BCUT2D eigenvalue weighted by molar-refractivity contribution is 6.30. The van der Waals surface area contributed by atoms with Gasteiger partial charge in [0.15, 0.2) is 5.82 Å². The highest BCUT2D eigenvalue weighted by Crippen LogP contribution is 2.23. The third-order valence-corrected chi connectivity index (χ3v) is 4.28. The zero-order valence-corrected chi connectivity index (χ0v) is 13.7. The van der Waals surface area contributed by atoms with Gasteiger partial charge in [-0.05, 0) is 42.0 Å². The second kappa shape index (κ2) is 5.86. The summed E-state index contributed by atoms with van der Waals surface area (Å²) in [4.78, 5) is 30.3. The summed E-state index contributed by atoms with van der Waals surface area (Å²) in [6.45, 7) is 0.360. The minimum absolute atomic E-state index is 0.160. The van der Waals surface area contributed by atoms with E-state index in [1.165, 1.54) is 38.5 Å². The predicted octanol–water partition coefficient (Wildman–Crippen LogP) is 2.87. The number of amides is 1. The van der Waals surface area contributed by atoms with Crippen molar-refractivity contribution in [3.63, 3.8) is 0 Å². The number of nitrogens with zero attached hydrogens (tertiary/aromatic N) is 4. The lowest BCUT2D eigenvalue weighted by Gasteiger charge is -2.15. The molecule has 0 N–H and O–H groups in total. The van der Waals surface area contributed by atoms with Crippen LogP contribution in [0.4, 0.5) is 14.9 Å². The van der Waals surface area contributed by atoms with E-state index >= 15 is 0 Å². The van der Waals surface area contributed by atoms with E-state index in [9.17, 15) is 14.0 Å². The molecule has 3 aromatic rings. The molecule has 0 unspecified atom stereocenters. The number of anilines is 1. The zero-order chi connectivity index (χ0) is 17.6. The molecule has 1 aromatic heterocycles. The SMILES string of the molecule is O=C1N(c2ccc(F)cc2)Cc2nc(=O)n(Cc3ccc(Cl)cc3)n21. The van der Waals surface area contributed by atoms with Crippen LogP contribution >= 0.6 is 11.6 Å². The van der Waals surface area contributed by atoms with E-state index in [-0.39, 0.29) is 18.9 Å². The summed E-state index contributed by atoms with van der Waals surface area (Å²) >= 11 is 5.87. The molecule has 4 rings (SSSR count). The third-order valence-electron chi connectivity index (χ3n) is 4.03. The maximum absolute atomic E-state index is 13.1. The molecule has 1 aliphatic rings. The maximum Gasteiger partial charge on any atom is 0.364 e. The van der Waals surface area contributed by atoms with Gasteiger partial charge in [-0.25, -0.2) is 18.7 Å². The van der Waals surface area contributed by atoms with Gasteiger partial charge in [0.05, 0.1) is 13.1 Å². The largest absolute Gasteiger partial charge is 0.364 e. The number of hydrogen-bond acceptors (Lipinski definition) is 3. The Hall–Kier alpha value is -2.93. The number of rotatable bonds is 3. The molecule has 1 aliphatic heterocycles. The Kier molecular flexibility index (Phi) is 3.65. The summed E-state index contributed by atoms with van der Waals surface area (Å²) in [7, 11) is 0. The highest BCUT2D eigenvalue weighted by Gasteiger charge is 2.33. The zero-order valence-electron chi connectivity index (χ0n) is 12.9. The molecule has 0 spiro atoms. The summed E-state index contributed by atoms with van der Waals surface area (Å²) in [6, 6.07) is 12.2. The van der Waals surface area contributed by atoms with Gasteiger partial charge in [0.1, 0.15) is 5.82 Å². The first-order valence-electron chi connectivity index (χ1n) is 7.53. The molecule has 0 atom stereocenters. The third kappa shape index (κ3) is 2.72. The molecule has 2 heterocycles. The van der Waals surface area contributed by atoms with Crippen molar-refractivity contribution in [2.24, 2.45) is 0 Å². The monoisotopic (exact) mass is 358 g/mol. The Labute approximate surface area is 146 Å². The van der Waals surface area contributed by atoms with Gasteiger partial charge in [-0.3, -0.25) is 4.90 Å². The van der Waals surface area contributed by atoms with Gasteiger partial charge < -0.3 is 0 Å². The molecule has 0 aliphatic carbocycles. The van der Waals surface area contributed by atoms with E-state index in [1.807, 2.05) is 0 Å². The lowest BCUT2D eigenvalue weighted by atomic mass is 10.2. The van der Waals surface area contributed by atoms with Crippen molar-refractivity contribution >= 4 is 23.3 Å². The van der Waals surface area contributed by atoms with Crippen molar-refractivity contribution in [2.75, 3.05) is 4.90 Å². The minimum atomic E-state index is -0.489. The minimum Gasteiger partial charge on any atom is -0.285 e. The van der Waals surface area contributed by atoms with Crippen molar-refractivity contribution in [2.45, 2.75) is 13.1 Å². The smallest absolute Gasteiger partial charge is 0.285 e. The molecule has 126 valence electrons. The number of carbonyl (C=O) groups is 1. The molecule has 0 fully saturated rings. The van der Waals surface area contributed by atoms with Crippen LogP contribution in [0, 0.1) is 5.82 Å². The standard InChI is InChI=1S/C17H12ClFN4O2/c18-12-3-1-11(2-4-12)9-22-16(24)20-15-10-21(17(25)23(15)22)14-7-5-13(19)6-8-14/h1-8H,9-10H2. The fourth-order valence-corrected chi connectivity index (χ4v) is 2.93. The molecule has 1 amide bonds. The van der Waals surface area contributed by atoms with Gasteiger partial charge in [0.2, 0.25) is 0 Å². The average Bonchev–Trinajstić information content (AvgIpc) is 3.07. The Balaban J connectivity index is 1.68. The van der Waals surface area contributed by atoms with E-state index in [0.29, 0.717) is 16.5 Å². The first-order valence-corrected chi connectivity index (χ1v) is 7.91. The number of halogens is 2. The second-order valence-electron chi connectivity index (χ2n) is 5.65. The van der Waals surface area contributed by atoms with Gasteiger partial charge in [0.25, 0.3) is 0 Å². The molecular weight excluding hydrogens is 347 g/mol. The lowest BCUT2D eigenvalue weighted by Crippen LogP contribution is -2.34. The van der Waals surface area contributed by atoms with E-state index in [0.717, 1.165) is 5.56 Å². The van der Waals surface area contributed by atoms with Gasteiger partial charge in [0, 0.05) is 10.7 Å². The predicted molar refractivity (Wildman–Crippen MR) is 90.4 cm³/mol. The Morgan fingerprint density at radius 2 is 1.72 bits per heavy atom. The van der Waals surface area contributed by atoms with Gasteiger partial charge in [-0.2, -0.15) is 9.67 Å². The number of hydrogen-bond donors (Lipinski definition) is 0. The second-order valence-corrected chi connectivity index (χ2v) is 6.09. The van der Waals surface area contributed by atoms with Gasteiger partial charge >= 0.3 is 11.7 Å². The molecule has 0 saturated carbocycles. The van der Waals surface area contributed by atoms with Crippen LogP contribution < -0.4 is 10.6 Å². The summed E-state index contributed by atoms with van der Waals surface area (Å²) < 4.78 is 15.6. The molecule has 8 heteroatoms. The molecule has 0 bridgehead atoms. The lowest BCUT2D eigenvalue weighted by molar-refractivity contribution is 0.244. The van der Waals surface area contributed by atoms with Crippen LogP contribution in [0.15, 0.2) is 53.3 Å². The summed E-state index contributed by atoms with van der Waals surface area (Å²) in [5, 5.41) is 0.591. The molecule has 25 heavy (non-hydrogen) atoms. The van der Waals surface area contributed by atoms with E-state index < -0.39 is 11.7 Å². The Bertz CT molecular complexity index is 1010. The summed E-state index contributed by atoms with van der Waals surface area (Å²) in [6.07, 6.45) is 0. The van der Waals surface area contributed by atoms with Crippen molar-refractivity contribution in [1.29, 1.82) is 0 Å². The highest BCUT2D eigenvalue weighted by atomic mass is 35.5. The van der Waals surface area contributed by atoms with Crippen LogP contribution in [-0.2, 0) is 13.1 Å². The quantitative estimate of drug-likeness (QED) is 0.723.